The van der Waals surface area contributed by atoms with E-state index in [9.17, 15) is 4.79 Å². The molecule has 0 aromatic carbocycles. The minimum atomic E-state index is -0.200. The first-order valence-corrected chi connectivity index (χ1v) is 5.49. The van der Waals surface area contributed by atoms with Crippen molar-refractivity contribution in [3.63, 3.8) is 0 Å². The highest BCUT2D eigenvalue weighted by atomic mass is 16.1. The van der Waals surface area contributed by atoms with Crippen LogP contribution in [0.2, 0.25) is 0 Å². The molecule has 1 aliphatic heterocycles. The summed E-state index contributed by atoms with van der Waals surface area (Å²) < 4.78 is 0. The summed E-state index contributed by atoms with van der Waals surface area (Å²) in [6.45, 7) is 4.29. The topological polar surface area (TPSA) is 67.2 Å². The second-order valence-electron chi connectivity index (χ2n) is 3.97. The number of carbonyl (C=O) groups excluding carboxylic acids is 1. The molecule has 1 rings (SSSR count). The lowest BCUT2D eigenvalue weighted by atomic mass is 9.98. The Hall–Kier alpha value is -0.610. The maximum atomic E-state index is 10.5. The van der Waals surface area contributed by atoms with Gasteiger partial charge in [0, 0.05) is 6.42 Å². The van der Waals surface area contributed by atoms with Gasteiger partial charge in [0.1, 0.15) is 0 Å². The fourth-order valence-electron chi connectivity index (χ4n) is 1.78. The fourth-order valence-corrected chi connectivity index (χ4v) is 1.78. The van der Waals surface area contributed by atoms with Crippen LogP contribution < -0.4 is 16.4 Å². The van der Waals surface area contributed by atoms with Crippen LogP contribution in [0.5, 0.6) is 0 Å². The summed E-state index contributed by atoms with van der Waals surface area (Å²) in [5.41, 5.74) is 5.04. The summed E-state index contributed by atoms with van der Waals surface area (Å²) in [6.07, 6.45) is 3.89. The highest BCUT2D eigenvalue weighted by molar-refractivity contribution is 5.73. The molecular weight excluding hydrogens is 178 g/mol. The van der Waals surface area contributed by atoms with Crippen molar-refractivity contribution in [2.24, 2.45) is 11.7 Å². The molecular formula is C10H21N3O. The van der Waals surface area contributed by atoms with Crippen LogP contribution in [-0.2, 0) is 4.79 Å². The molecule has 1 heterocycles. The van der Waals surface area contributed by atoms with E-state index in [1.54, 1.807) is 0 Å². The largest absolute Gasteiger partial charge is 0.370 e. The van der Waals surface area contributed by atoms with Gasteiger partial charge in [-0.05, 0) is 51.4 Å². The van der Waals surface area contributed by atoms with Gasteiger partial charge < -0.3 is 16.4 Å². The standard InChI is InChI=1S/C10H21N3O/c11-10(14)2-1-5-13-8-9-3-6-12-7-4-9/h9,12-13H,1-8H2,(H2,11,14). The highest BCUT2D eigenvalue weighted by Gasteiger charge is 2.11. The minimum absolute atomic E-state index is 0.200. The van der Waals surface area contributed by atoms with Crippen molar-refractivity contribution in [2.75, 3.05) is 26.2 Å². The van der Waals surface area contributed by atoms with Crippen molar-refractivity contribution in [2.45, 2.75) is 25.7 Å². The van der Waals surface area contributed by atoms with Crippen molar-refractivity contribution in [1.82, 2.24) is 10.6 Å². The molecule has 1 fully saturated rings. The van der Waals surface area contributed by atoms with E-state index in [-0.39, 0.29) is 5.91 Å². The third-order valence-corrected chi connectivity index (χ3v) is 2.67. The molecule has 0 bridgehead atoms. The summed E-state index contributed by atoms with van der Waals surface area (Å²) in [7, 11) is 0. The Bertz CT molecular complexity index is 167. The molecule has 1 amide bonds. The van der Waals surface area contributed by atoms with Crippen molar-refractivity contribution >= 4 is 5.91 Å². The molecule has 1 saturated heterocycles. The number of hydrogen-bond donors (Lipinski definition) is 3. The third-order valence-electron chi connectivity index (χ3n) is 2.67. The van der Waals surface area contributed by atoms with Crippen LogP contribution in [0.25, 0.3) is 0 Å². The maximum absolute atomic E-state index is 10.5. The van der Waals surface area contributed by atoms with Crippen molar-refractivity contribution in [3.8, 4) is 0 Å². The zero-order valence-corrected chi connectivity index (χ0v) is 8.72. The Kier molecular flexibility index (Phi) is 5.56. The number of nitrogens with two attached hydrogens (primary N) is 1. The van der Waals surface area contributed by atoms with E-state index < -0.39 is 0 Å². The zero-order valence-electron chi connectivity index (χ0n) is 8.72. The Morgan fingerprint density at radius 3 is 2.79 bits per heavy atom. The van der Waals surface area contributed by atoms with Crippen LogP contribution >= 0.6 is 0 Å². The van der Waals surface area contributed by atoms with E-state index in [1.807, 2.05) is 0 Å². The number of primary amides is 1. The summed E-state index contributed by atoms with van der Waals surface area (Å²) in [4.78, 5) is 10.5. The molecule has 0 atom stereocenters. The summed E-state index contributed by atoms with van der Waals surface area (Å²) in [5.74, 6) is 0.610. The number of amides is 1. The monoisotopic (exact) mass is 199 g/mol. The lowest BCUT2D eigenvalue weighted by molar-refractivity contribution is -0.118. The number of nitrogens with one attached hydrogen (secondary N) is 2. The minimum Gasteiger partial charge on any atom is -0.370 e. The first-order valence-electron chi connectivity index (χ1n) is 5.49. The third kappa shape index (κ3) is 5.19. The Morgan fingerprint density at radius 1 is 1.43 bits per heavy atom. The van der Waals surface area contributed by atoms with E-state index in [0.29, 0.717) is 6.42 Å². The second kappa shape index (κ2) is 6.79. The van der Waals surface area contributed by atoms with Crippen molar-refractivity contribution < 1.29 is 4.79 Å². The molecule has 4 N–H and O–H groups in total. The number of carbonyl (C=O) groups is 1. The number of hydrogen-bond acceptors (Lipinski definition) is 3. The van der Waals surface area contributed by atoms with Crippen LogP contribution in [0.1, 0.15) is 25.7 Å². The predicted octanol–water partition coefficient (Wildman–Crippen LogP) is -0.159. The highest BCUT2D eigenvalue weighted by Crippen LogP contribution is 2.09. The Balaban J connectivity index is 1.90. The van der Waals surface area contributed by atoms with Gasteiger partial charge in [-0.2, -0.15) is 0 Å². The summed E-state index contributed by atoms with van der Waals surface area (Å²) >= 11 is 0. The molecule has 0 aromatic rings. The zero-order chi connectivity index (χ0) is 10.2. The molecule has 14 heavy (non-hydrogen) atoms. The molecule has 0 spiro atoms. The van der Waals surface area contributed by atoms with Crippen LogP contribution in [0.4, 0.5) is 0 Å². The summed E-state index contributed by atoms with van der Waals surface area (Å²) in [6, 6.07) is 0. The lowest BCUT2D eigenvalue weighted by Gasteiger charge is -2.22. The normalized spacial score (nSPS) is 18.3. The predicted molar refractivity (Wildman–Crippen MR) is 56.9 cm³/mol. The Labute approximate surface area is 85.6 Å². The first kappa shape index (κ1) is 11.5. The molecule has 82 valence electrons. The van der Waals surface area contributed by atoms with Crippen LogP contribution in [0.15, 0.2) is 0 Å². The molecule has 4 heteroatoms. The fraction of sp³-hybridized carbons (Fsp3) is 0.900. The van der Waals surface area contributed by atoms with Gasteiger partial charge in [0.05, 0.1) is 0 Å². The first-order chi connectivity index (χ1) is 6.79. The van der Waals surface area contributed by atoms with E-state index in [1.165, 1.54) is 12.8 Å². The quantitative estimate of drug-likeness (QED) is 0.521. The van der Waals surface area contributed by atoms with Crippen LogP contribution in [-0.4, -0.2) is 32.1 Å². The SMILES string of the molecule is NC(=O)CCCNCC1CCNCC1. The molecule has 0 aliphatic carbocycles. The van der Waals surface area contributed by atoms with Gasteiger partial charge >= 0.3 is 0 Å². The molecule has 1 aliphatic rings. The van der Waals surface area contributed by atoms with Gasteiger partial charge in [0.2, 0.25) is 5.91 Å². The molecule has 4 nitrogen and oxygen atoms in total. The van der Waals surface area contributed by atoms with Gasteiger partial charge in [0.25, 0.3) is 0 Å². The smallest absolute Gasteiger partial charge is 0.217 e. The maximum Gasteiger partial charge on any atom is 0.217 e. The average molecular weight is 199 g/mol. The van der Waals surface area contributed by atoms with E-state index in [4.69, 9.17) is 5.73 Å². The van der Waals surface area contributed by atoms with Crippen molar-refractivity contribution in [1.29, 1.82) is 0 Å². The van der Waals surface area contributed by atoms with Gasteiger partial charge in [-0.15, -0.1) is 0 Å². The van der Waals surface area contributed by atoms with Gasteiger partial charge in [0.15, 0.2) is 0 Å². The Morgan fingerprint density at radius 2 is 2.14 bits per heavy atom. The van der Waals surface area contributed by atoms with Gasteiger partial charge in [-0.3, -0.25) is 4.79 Å². The van der Waals surface area contributed by atoms with E-state index >= 15 is 0 Å². The molecule has 0 aromatic heterocycles. The lowest BCUT2D eigenvalue weighted by Crippen LogP contribution is -2.34. The van der Waals surface area contributed by atoms with E-state index in [0.717, 1.165) is 38.5 Å². The van der Waals surface area contributed by atoms with Crippen molar-refractivity contribution in [3.05, 3.63) is 0 Å². The average Bonchev–Trinajstić information content (AvgIpc) is 2.18. The van der Waals surface area contributed by atoms with Crippen LogP contribution in [0, 0.1) is 5.92 Å². The number of piperidine rings is 1. The van der Waals surface area contributed by atoms with Crippen LogP contribution in [0.3, 0.4) is 0 Å². The molecule has 0 unspecified atom stereocenters. The molecule has 0 radical (unpaired) electrons. The van der Waals surface area contributed by atoms with Gasteiger partial charge in [-0.1, -0.05) is 0 Å². The second-order valence-corrected chi connectivity index (χ2v) is 3.97. The van der Waals surface area contributed by atoms with Gasteiger partial charge in [-0.25, -0.2) is 0 Å². The summed E-state index contributed by atoms with van der Waals surface area (Å²) in [5, 5.41) is 6.72. The number of rotatable bonds is 6. The van der Waals surface area contributed by atoms with E-state index in [2.05, 4.69) is 10.6 Å². The molecule has 0 saturated carbocycles.